The molecule has 0 heterocycles. The van der Waals surface area contributed by atoms with Crippen LogP contribution in [-0.2, 0) is 4.79 Å². The van der Waals surface area contributed by atoms with E-state index in [0.29, 0.717) is 23.7 Å². The van der Waals surface area contributed by atoms with E-state index in [1.54, 1.807) is 6.07 Å². The van der Waals surface area contributed by atoms with Crippen molar-refractivity contribution >= 4 is 35.6 Å². The van der Waals surface area contributed by atoms with Crippen molar-refractivity contribution in [1.29, 1.82) is 0 Å². The van der Waals surface area contributed by atoms with Gasteiger partial charge in [0, 0.05) is 13.0 Å². The average molecular weight is 263 g/mol. The molecule has 0 atom stereocenters. The number of halogens is 2. The lowest BCUT2D eigenvalue weighted by Gasteiger charge is -2.07. The Labute approximate surface area is 107 Å². The topological polar surface area (TPSA) is 41.1 Å². The number of benzene rings is 1. The van der Waals surface area contributed by atoms with Crippen molar-refractivity contribution in [3.8, 4) is 0 Å². The molecule has 0 saturated carbocycles. The highest BCUT2D eigenvalue weighted by Gasteiger charge is 2.05. The molecule has 0 aliphatic rings. The Balaban J connectivity index is 0.00000225. The minimum Gasteiger partial charge on any atom is -0.325 e. The van der Waals surface area contributed by atoms with Crippen molar-refractivity contribution in [3.63, 3.8) is 0 Å². The van der Waals surface area contributed by atoms with Gasteiger partial charge in [-0.15, -0.1) is 12.4 Å². The molecule has 0 aliphatic carbocycles. The van der Waals surface area contributed by atoms with Crippen molar-refractivity contribution in [2.75, 3.05) is 18.9 Å². The second kappa shape index (κ2) is 7.49. The van der Waals surface area contributed by atoms with E-state index in [9.17, 15) is 4.79 Å². The Morgan fingerprint density at radius 3 is 2.75 bits per heavy atom. The summed E-state index contributed by atoms with van der Waals surface area (Å²) in [6.07, 6.45) is 0.445. The van der Waals surface area contributed by atoms with Crippen LogP contribution in [0, 0.1) is 6.92 Å². The maximum absolute atomic E-state index is 11.4. The Morgan fingerprint density at radius 1 is 1.44 bits per heavy atom. The first kappa shape index (κ1) is 15.2. The molecule has 0 bridgehead atoms. The number of aryl methyl sites for hydroxylation is 1. The number of amides is 1. The van der Waals surface area contributed by atoms with Crippen molar-refractivity contribution in [3.05, 3.63) is 28.8 Å². The van der Waals surface area contributed by atoms with Gasteiger partial charge in [-0.25, -0.2) is 0 Å². The van der Waals surface area contributed by atoms with Crippen molar-refractivity contribution in [1.82, 2.24) is 5.32 Å². The highest BCUT2D eigenvalue weighted by Crippen LogP contribution is 2.22. The van der Waals surface area contributed by atoms with E-state index >= 15 is 0 Å². The Bertz CT molecular complexity index is 356. The van der Waals surface area contributed by atoms with Crippen LogP contribution in [0.2, 0.25) is 5.02 Å². The maximum atomic E-state index is 11.4. The molecule has 0 spiro atoms. The van der Waals surface area contributed by atoms with Crippen LogP contribution in [0.15, 0.2) is 18.2 Å². The number of hydrogen-bond donors (Lipinski definition) is 2. The zero-order valence-electron chi connectivity index (χ0n) is 9.34. The molecule has 5 heteroatoms. The van der Waals surface area contributed by atoms with Crippen LogP contribution in [0.4, 0.5) is 5.69 Å². The first-order chi connectivity index (χ1) is 7.13. The quantitative estimate of drug-likeness (QED) is 0.876. The van der Waals surface area contributed by atoms with Gasteiger partial charge < -0.3 is 10.6 Å². The normalized spacial score (nSPS) is 9.44. The molecule has 90 valence electrons. The lowest BCUT2D eigenvalue weighted by atomic mass is 10.2. The highest BCUT2D eigenvalue weighted by atomic mass is 35.5. The molecule has 16 heavy (non-hydrogen) atoms. The van der Waals surface area contributed by atoms with Crippen molar-refractivity contribution < 1.29 is 4.79 Å². The number of hydrogen-bond acceptors (Lipinski definition) is 2. The van der Waals surface area contributed by atoms with E-state index < -0.39 is 0 Å². The largest absolute Gasteiger partial charge is 0.325 e. The lowest BCUT2D eigenvalue weighted by molar-refractivity contribution is -0.116. The molecule has 3 nitrogen and oxygen atoms in total. The molecule has 1 rings (SSSR count). The summed E-state index contributed by atoms with van der Waals surface area (Å²) in [5.41, 5.74) is 1.75. The van der Waals surface area contributed by atoms with Crippen LogP contribution in [0.25, 0.3) is 0 Å². The Morgan fingerprint density at radius 2 is 2.12 bits per heavy atom. The molecular formula is C11H16Cl2N2O. The molecule has 2 N–H and O–H groups in total. The number of nitrogens with one attached hydrogen (secondary N) is 2. The van der Waals surface area contributed by atoms with Crippen LogP contribution in [0.1, 0.15) is 12.0 Å². The Hall–Kier alpha value is -0.770. The molecule has 0 aromatic heterocycles. The number of rotatable bonds is 4. The highest BCUT2D eigenvalue weighted by molar-refractivity contribution is 6.33. The van der Waals surface area contributed by atoms with E-state index in [0.717, 1.165) is 5.56 Å². The third-order valence-electron chi connectivity index (χ3n) is 2.00. The number of carbonyl (C=O) groups excluding carboxylic acids is 1. The fourth-order valence-electron chi connectivity index (χ4n) is 1.19. The van der Waals surface area contributed by atoms with Crippen LogP contribution < -0.4 is 10.6 Å². The summed E-state index contributed by atoms with van der Waals surface area (Å²) in [6, 6.07) is 5.55. The van der Waals surface area contributed by atoms with Gasteiger partial charge in [0.2, 0.25) is 5.91 Å². The van der Waals surface area contributed by atoms with Gasteiger partial charge in [0.25, 0.3) is 0 Å². The summed E-state index contributed by atoms with van der Waals surface area (Å²) in [4.78, 5) is 11.4. The molecule has 1 aromatic carbocycles. The SMILES string of the molecule is CNCCC(=O)Nc1cc(C)ccc1Cl.Cl. The van der Waals surface area contributed by atoms with E-state index in [2.05, 4.69) is 10.6 Å². The van der Waals surface area contributed by atoms with Crippen LogP contribution in [0.5, 0.6) is 0 Å². The second-order valence-electron chi connectivity index (χ2n) is 3.39. The summed E-state index contributed by atoms with van der Waals surface area (Å²) >= 11 is 5.94. The zero-order chi connectivity index (χ0) is 11.3. The van der Waals surface area contributed by atoms with Gasteiger partial charge in [-0.3, -0.25) is 4.79 Å². The van der Waals surface area contributed by atoms with E-state index in [4.69, 9.17) is 11.6 Å². The smallest absolute Gasteiger partial charge is 0.225 e. The number of anilines is 1. The van der Waals surface area contributed by atoms with Crippen LogP contribution in [0.3, 0.4) is 0 Å². The molecular weight excluding hydrogens is 247 g/mol. The van der Waals surface area contributed by atoms with Gasteiger partial charge in [0.05, 0.1) is 10.7 Å². The Kier molecular flexibility index (Phi) is 7.13. The standard InChI is InChI=1S/C11H15ClN2O.ClH/c1-8-3-4-9(12)10(7-8)14-11(15)5-6-13-2;/h3-4,7,13H,5-6H2,1-2H3,(H,14,15);1H. The minimum atomic E-state index is -0.0307. The number of carbonyl (C=O) groups is 1. The average Bonchev–Trinajstić information content (AvgIpc) is 2.20. The fourth-order valence-corrected chi connectivity index (χ4v) is 1.35. The molecule has 0 unspecified atom stereocenters. The van der Waals surface area contributed by atoms with Crippen LogP contribution in [-0.4, -0.2) is 19.5 Å². The maximum Gasteiger partial charge on any atom is 0.225 e. The molecule has 0 saturated heterocycles. The van der Waals surface area contributed by atoms with Gasteiger partial charge in [-0.05, 0) is 31.7 Å². The lowest BCUT2D eigenvalue weighted by Crippen LogP contribution is -2.18. The van der Waals surface area contributed by atoms with Gasteiger partial charge in [-0.2, -0.15) is 0 Å². The molecule has 0 aliphatic heterocycles. The first-order valence-corrected chi connectivity index (χ1v) is 5.22. The van der Waals surface area contributed by atoms with Crippen molar-refractivity contribution in [2.24, 2.45) is 0 Å². The fraction of sp³-hybridized carbons (Fsp3) is 0.364. The monoisotopic (exact) mass is 262 g/mol. The van der Waals surface area contributed by atoms with E-state index in [1.165, 1.54) is 0 Å². The summed E-state index contributed by atoms with van der Waals surface area (Å²) in [5.74, 6) is -0.0307. The van der Waals surface area contributed by atoms with Gasteiger partial charge >= 0.3 is 0 Å². The summed E-state index contributed by atoms with van der Waals surface area (Å²) in [6.45, 7) is 2.62. The first-order valence-electron chi connectivity index (χ1n) is 4.84. The molecule has 1 aromatic rings. The van der Waals surface area contributed by atoms with Gasteiger partial charge in [0.1, 0.15) is 0 Å². The van der Waals surface area contributed by atoms with E-state index in [1.807, 2.05) is 26.1 Å². The van der Waals surface area contributed by atoms with E-state index in [-0.39, 0.29) is 18.3 Å². The molecule has 0 radical (unpaired) electrons. The van der Waals surface area contributed by atoms with Gasteiger partial charge in [-0.1, -0.05) is 17.7 Å². The summed E-state index contributed by atoms with van der Waals surface area (Å²) in [7, 11) is 1.81. The minimum absolute atomic E-state index is 0. The zero-order valence-corrected chi connectivity index (χ0v) is 10.9. The van der Waals surface area contributed by atoms with Gasteiger partial charge in [0.15, 0.2) is 0 Å². The molecule has 0 fully saturated rings. The summed E-state index contributed by atoms with van der Waals surface area (Å²) < 4.78 is 0. The summed E-state index contributed by atoms with van der Waals surface area (Å²) in [5, 5.41) is 6.26. The van der Waals surface area contributed by atoms with Crippen LogP contribution >= 0.6 is 24.0 Å². The molecule has 1 amide bonds. The second-order valence-corrected chi connectivity index (χ2v) is 3.79. The third kappa shape index (κ3) is 4.84. The predicted octanol–water partition coefficient (Wildman–Crippen LogP) is 2.62. The van der Waals surface area contributed by atoms with Crippen molar-refractivity contribution in [2.45, 2.75) is 13.3 Å². The third-order valence-corrected chi connectivity index (χ3v) is 2.33. The predicted molar refractivity (Wildman–Crippen MR) is 70.6 cm³/mol.